The summed E-state index contributed by atoms with van der Waals surface area (Å²) in [6.07, 6.45) is 5.86. The van der Waals surface area contributed by atoms with Crippen LogP contribution in [-0.4, -0.2) is 22.3 Å². The number of nitrogens with zero attached hydrogens (tertiary/aromatic N) is 2. The van der Waals surface area contributed by atoms with Crippen molar-refractivity contribution in [3.63, 3.8) is 0 Å². The molecule has 1 fully saturated rings. The smallest absolute Gasteiger partial charge is 0.153 e. The second-order valence-corrected chi connectivity index (χ2v) is 5.15. The number of aromatic nitrogens is 3. The molecule has 0 unspecified atom stereocenters. The molecule has 1 aliphatic carbocycles. The lowest BCUT2D eigenvalue weighted by Crippen LogP contribution is -1.96. The minimum absolute atomic E-state index is 0.565. The van der Waals surface area contributed by atoms with Crippen molar-refractivity contribution in [2.24, 2.45) is 0 Å². The molecule has 1 saturated carbocycles. The van der Waals surface area contributed by atoms with Crippen LogP contribution in [0.25, 0.3) is 0 Å². The number of hydrogen-bond acceptors (Lipinski definition) is 3. The quantitative estimate of drug-likeness (QED) is 0.915. The van der Waals surface area contributed by atoms with Gasteiger partial charge in [0.2, 0.25) is 0 Å². The maximum atomic E-state index is 5.23. The standard InChI is InChI=1S/C15H19N3O/c1-19-13-8-4-5-11(9-13)10-14-16-15(18-17-14)12-6-2-3-7-12/h4-5,8-9,12H,2-3,6-7,10H2,1H3,(H,16,17,18). The summed E-state index contributed by atoms with van der Waals surface area (Å²) >= 11 is 0. The Morgan fingerprint density at radius 2 is 2.16 bits per heavy atom. The maximum absolute atomic E-state index is 5.23. The zero-order valence-electron chi connectivity index (χ0n) is 11.2. The van der Waals surface area contributed by atoms with Gasteiger partial charge in [0.05, 0.1) is 7.11 Å². The summed E-state index contributed by atoms with van der Waals surface area (Å²) in [5, 5.41) is 7.44. The van der Waals surface area contributed by atoms with E-state index in [4.69, 9.17) is 4.74 Å². The number of benzene rings is 1. The lowest BCUT2D eigenvalue weighted by molar-refractivity contribution is 0.414. The highest BCUT2D eigenvalue weighted by atomic mass is 16.5. The molecule has 1 aliphatic rings. The summed E-state index contributed by atoms with van der Waals surface area (Å²) in [6.45, 7) is 0. The average Bonchev–Trinajstić information content (AvgIpc) is 3.09. The Balaban J connectivity index is 1.72. The fourth-order valence-electron chi connectivity index (χ4n) is 2.73. The Morgan fingerprint density at radius 1 is 1.32 bits per heavy atom. The Labute approximate surface area is 113 Å². The molecular weight excluding hydrogens is 238 g/mol. The van der Waals surface area contributed by atoms with E-state index in [1.807, 2.05) is 18.2 Å². The first kappa shape index (κ1) is 12.2. The average molecular weight is 257 g/mol. The second kappa shape index (κ2) is 5.43. The fraction of sp³-hybridized carbons (Fsp3) is 0.467. The number of hydrogen-bond donors (Lipinski definition) is 1. The molecule has 1 heterocycles. The summed E-state index contributed by atoms with van der Waals surface area (Å²) in [7, 11) is 1.69. The molecular formula is C15H19N3O. The van der Waals surface area contributed by atoms with Crippen LogP contribution in [0.5, 0.6) is 5.75 Å². The molecule has 0 spiro atoms. The second-order valence-electron chi connectivity index (χ2n) is 5.15. The molecule has 0 aliphatic heterocycles. The zero-order chi connectivity index (χ0) is 13.1. The van der Waals surface area contributed by atoms with E-state index in [0.29, 0.717) is 5.92 Å². The number of ether oxygens (including phenoxy) is 1. The molecule has 0 saturated heterocycles. The highest BCUT2D eigenvalue weighted by Gasteiger charge is 2.21. The molecule has 0 radical (unpaired) electrons. The van der Waals surface area contributed by atoms with Gasteiger partial charge in [-0.3, -0.25) is 5.10 Å². The van der Waals surface area contributed by atoms with Gasteiger partial charge in [0.1, 0.15) is 11.6 Å². The molecule has 1 aromatic heterocycles. The molecule has 0 atom stereocenters. The van der Waals surface area contributed by atoms with Gasteiger partial charge in [-0.15, -0.1) is 0 Å². The van der Waals surface area contributed by atoms with Crippen molar-refractivity contribution in [2.45, 2.75) is 38.0 Å². The van der Waals surface area contributed by atoms with E-state index in [1.54, 1.807) is 7.11 Å². The van der Waals surface area contributed by atoms with Gasteiger partial charge in [-0.05, 0) is 30.5 Å². The molecule has 3 rings (SSSR count). The summed E-state index contributed by atoms with van der Waals surface area (Å²) in [4.78, 5) is 4.64. The highest BCUT2D eigenvalue weighted by molar-refractivity contribution is 5.30. The van der Waals surface area contributed by atoms with Crippen molar-refractivity contribution in [1.82, 2.24) is 15.2 Å². The Hall–Kier alpha value is -1.84. The highest BCUT2D eigenvalue weighted by Crippen LogP contribution is 2.31. The van der Waals surface area contributed by atoms with Crippen LogP contribution >= 0.6 is 0 Å². The first-order valence-electron chi connectivity index (χ1n) is 6.89. The third-order valence-electron chi connectivity index (χ3n) is 3.78. The van der Waals surface area contributed by atoms with Gasteiger partial charge in [-0.1, -0.05) is 25.0 Å². The molecule has 19 heavy (non-hydrogen) atoms. The minimum atomic E-state index is 0.565. The Morgan fingerprint density at radius 3 is 2.95 bits per heavy atom. The van der Waals surface area contributed by atoms with E-state index >= 15 is 0 Å². The van der Waals surface area contributed by atoms with Crippen LogP contribution in [-0.2, 0) is 6.42 Å². The van der Waals surface area contributed by atoms with Gasteiger partial charge in [0, 0.05) is 12.3 Å². The molecule has 100 valence electrons. The molecule has 0 amide bonds. The number of aromatic amines is 1. The Kier molecular flexibility index (Phi) is 3.49. The van der Waals surface area contributed by atoms with E-state index in [9.17, 15) is 0 Å². The van der Waals surface area contributed by atoms with E-state index < -0.39 is 0 Å². The normalized spacial score (nSPS) is 15.8. The number of H-pyrrole nitrogens is 1. The first-order valence-corrected chi connectivity index (χ1v) is 6.89. The lowest BCUT2D eigenvalue weighted by Gasteiger charge is -2.03. The monoisotopic (exact) mass is 257 g/mol. The molecule has 0 bridgehead atoms. The first-order chi connectivity index (χ1) is 9.35. The van der Waals surface area contributed by atoms with Gasteiger partial charge < -0.3 is 4.74 Å². The zero-order valence-corrected chi connectivity index (χ0v) is 11.2. The molecule has 4 nitrogen and oxygen atoms in total. The number of methoxy groups -OCH3 is 1. The predicted molar refractivity (Wildman–Crippen MR) is 73.4 cm³/mol. The molecule has 2 aromatic rings. The van der Waals surface area contributed by atoms with Gasteiger partial charge in [-0.2, -0.15) is 5.10 Å². The van der Waals surface area contributed by atoms with Gasteiger partial charge in [-0.25, -0.2) is 4.98 Å². The van der Waals surface area contributed by atoms with Crippen molar-refractivity contribution in [1.29, 1.82) is 0 Å². The van der Waals surface area contributed by atoms with Crippen LogP contribution in [0.3, 0.4) is 0 Å². The number of rotatable bonds is 4. The van der Waals surface area contributed by atoms with Gasteiger partial charge in [0.25, 0.3) is 0 Å². The van der Waals surface area contributed by atoms with E-state index in [2.05, 4.69) is 21.2 Å². The maximum Gasteiger partial charge on any atom is 0.153 e. The SMILES string of the molecule is COc1cccc(Cc2nc(C3CCCC3)n[nH]2)c1. The van der Waals surface area contributed by atoms with Crippen LogP contribution in [0.4, 0.5) is 0 Å². The summed E-state index contributed by atoms with van der Waals surface area (Å²) in [5.41, 5.74) is 1.19. The molecule has 1 aromatic carbocycles. The van der Waals surface area contributed by atoms with E-state index in [0.717, 1.165) is 23.8 Å². The summed E-state index contributed by atoms with van der Waals surface area (Å²) in [5.74, 6) is 3.38. The van der Waals surface area contributed by atoms with Crippen molar-refractivity contribution >= 4 is 0 Å². The van der Waals surface area contributed by atoms with Crippen molar-refractivity contribution < 1.29 is 4.74 Å². The van der Waals surface area contributed by atoms with Crippen LogP contribution in [0.2, 0.25) is 0 Å². The largest absolute Gasteiger partial charge is 0.497 e. The van der Waals surface area contributed by atoms with Crippen molar-refractivity contribution in [3.05, 3.63) is 41.5 Å². The minimum Gasteiger partial charge on any atom is -0.497 e. The third kappa shape index (κ3) is 2.78. The molecule has 4 heteroatoms. The number of nitrogens with one attached hydrogen (secondary N) is 1. The van der Waals surface area contributed by atoms with E-state index in [-0.39, 0.29) is 0 Å². The predicted octanol–water partition coefficient (Wildman–Crippen LogP) is 3.06. The van der Waals surface area contributed by atoms with Crippen molar-refractivity contribution in [3.8, 4) is 5.75 Å². The fourth-order valence-corrected chi connectivity index (χ4v) is 2.73. The Bertz CT molecular complexity index is 544. The lowest BCUT2D eigenvalue weighted by atomic mass is 10.1. The summed E-state index contributed by atoms with van der Waals surface area (Å²) in [6, 6.07) is 8.08. The van der Waals surface area contributed by atoms with Gasteiger partial charge in [0.15, 0.2) is 5.82 Å². The van der Waals surface area contributed by atoms with Crippen LogP contribution in [0, 0.1) is 0 Å². The van der Waals surface area contributed by atoms with E-state index in [1.165, 1.54) is 31.2 Å². The van der Waals surface area contributed by atoms with Crippen LogP contribution in [0.1, 0.15) is 48.8 Å². The summed E-state index contributed by atoms with van der Waals surface area (Å²) < 4.78 is 5.23. The van der Waals surface area contributed by atoms with Crippen molar-refractivity contribution in [2.75, 3.05) is 7.11 Å². The van der Waals surface area contributed by atoms with Crippen LogP contribution < -0.4 is 4.74 Å². The third-order valence-corrected chi connectivity index (χ3v) is 3.78. The van der Waals surface area contributed by atoms with Gasteiger partial charge >= 0.3 is 0 Å². The van der Waals surface area contributed by atoms with Crippen LogP contribution in [0.15, 0.2) is 24.3 Å². The topological polar surface area (TPSA) is 50.8 Å². The molecule has 1 N–H and O–H groups in total.